The fraction of sp³-hybridized carbons (Fsp3) is 0.200. The second kappa shape index (κ2) is 6.34. The average Bonchev–Trinajstić information content (AvgIpc) is 2.48. The van der Waals surface area contributed by atoms with Crippen LogP contribution in [0.4, 0.5) is 4.39 Å². The summed E-state index contributed by atoms with van der Waals surface area (Å²) in [5.41, 5.74) is 2.96. The largest absolute Gasteiger partial charge is 0.207 e. The molecule has 0 N–H and O–H groups in total. The molecule has 2 rings (SSSR count). The third-order valence-corrected chi connectivity index (χ3v) is 4.10. The van der Waals surface area contributed by atoms with Gasteiger partial charge in [0.2, 0.25) is 0 Å². The second-order valence-electron chi connectivity index (χ2n) is 4.40. The molecule has 1 aromatic carbocycles. The first-order valence-corrected chi connectivity index (χ1v) is 7.10. The summed E-state index contributed by atoms with van der Waals surface area (Å²) in [6.45, 7) is 3.60. The molecule has 0 amide bonds. The summed E-state index contributed by atoms with van der Waals surface area (Å²) >= 11 is 1.27. The van der Waals surface area contributed by atoms with Crippen molar-refractivity contribution in [2.45, 2.75) is 24.6 Å². The molecule has 104 valence electrons. The fourth-order valence-corrected chi connectivity index (χ4v) is 2.73. The summed E-state index contributed by atoms with van der Waals surface area (Å²) in [6, 6.07) is 8.17. The predicted molar refractivity (Wildman–Crippen MR) is 76.9 cm³/mol. The minimum atomic E-state index is -0.392. The second-order valence-corrected chi connectivity index (χ2v) is 5.37. The summed E-state index contributed by atoms with van der Waals surface area (Å²) < 4.78 is 13.3. The van der Waals surface area contributed by atoms with Gasteiger partial charge in [0, 0.05) is 5.75 Å². The number of aromatic nitrogens is 2. The summed E-state index contributed by atoms with van der Waals surface area (Å²) in [6.07, 6.45) is 0. The number of thioether (sulfide) groups is 1. The van der Waals surface area contributed by atoms with Crippen molar-refractivity contribution in [1.29, 1.82) is 10.5 Å². The lowest BCUT2D eigenvalue weighted by Crippen LogP contribution is -1.99. The van der Waals surface area contributed by atoms with Crippen LogP contribution in [0.2, 0.25) is 0 Å². The number of nitrogens with zero attached hydrogens (tertiary/aromatic N) is 4. The first-order valence-electron chi connectivity index (χ1n) is 6.12. The maximum absolute atomic E-state index is 13.3. The molecule has 0 aliphatic carbocycles. The van der Waals surface area contributed by atoms with Gasteiger partial charge in [-0.15, -0.1) is 5.10 Å². The molecular weight excluding hydrogens is 287 g/mol. The highest BCUT2D eigenvalue weighted by Crippen LogP contribution is 2.27. The molecule has 0 spiro atoms. The standard InChI is InChI=1S/C15H11FN4S/c1-9-10(2)19-20-15(14(9)7-18)21-8-12-5-13(16)4-3-11(12)6-17/h3-5H,8H2,1-2H3. The summed E-state index contributed by atoms with van der Waals surface area (Å²) in [7, 11) is 0. The quantitative estimate of drug-likeness (QED) is 0.813. The summed E-state index contributed by atoms with van der Waals surface area (Å²) in [4.78, 5) is 0. The Balaban J connectivity index is 2.30. The van der Waals surface area contributed by atoms with Crippen LogP contribution in [0.25, 0.3) is 0 Å². The van der Waals surface area contributed by atoms with E-state index in [0.717, 1.165) is 5.56 Å². The molecule has 0 radical (unpaired) electrons. The minimum Gasteiger partial charge on any atom is -0.207 e. The number of rotatable bonds is 3. The van der Waals surface area contributed by atoms with E-state index in [1.54, 1.807) is 6.92 Å². The summed E-state index contributed by atoms with van der Waals surface area (Å²) in [5.74, 6) is -0.0387. The molecule has 1 heterocycles. The first-order chi connectivity index (χ1) is 10.1. The monoisotopic (exact) mass is 298 g/mol. The molecule has 4 nitrogen and oxygen atoms in total. The molecule has 0 aliphatic rings. The Morgan fingerprint density at radius 3 is 2.62 bits per heavy atom. The topological polar surface area (TPSA) is 73.4 Å². The van der Waals surface area contributed by atoms with Gasteiger partial charge in [-0.2, -0.15) is 15.6 Å². The lowest BCUT2D eigenvalue weighted by atomic mass is 10.1. The van der Waals surface area contributed by atoms with Gasteiger partial charge in [-0.3, -0.25) is 0 Å². The molecule has 0 atom stereocenters. The third kappa shape index (κ3) is 3.18. The highest BCUT2D eigenvalue weighted by Gasteiger charge is 2.12. The van der Waals surface area contributed by atoms with Crippen LogP contribution in [-0.2, 0) is 5.75 Å². The van der Waals surface area contributed by atoms with E-state index in [0.29, 0.717) is 33.2 Å². The maximum atomic E-state index is 13.3. The highest BCUT2D eigenvalue weighted by molar-refractivity contribution is 7.98. The number of hydrogen-bond acceptors (Lipinski definition) is 5. The van der Waals surface area contributed by atoms with Crippen LogP contribution < -0.4 is 0 Å². The molecule has 6 heteroatoms. The van der Waals surface area contributed by atoms with Crippen LogP contribution in [0.15, 0.2) is 23.2 Å². The van der Waals surface area contributed by atoms with Gasteiger partial charge >= 0.3 is 0 Å². The van der Waals surface area contributed by atoms with Crippen LogP contribution >= 0.6 is 11.8 Å². The van der Waals surface area contributed by atoms with Crippen LogP contribution in [-0.4, -0.2) is 10.2 Å². The third-order valence-electron chi connectivity index (χ3n) is 3.09. The molecule has 0 aliphatic heterocycles. The zero-order valence-corrected chi connectivity index (χ0v) is 12.3. The molecule has 0 saturated carbocycles. The Labute approximate surface area is 126 Å². The highest BCUT2D eigenvalue weighted by atomic mass is 32.2. The van der Waals surface area contributed by atoms with Crippen LogP contribution in [0.5, 0.6) is 0 Å². The fourth-order valence-electron chi connectivity index (χ4n) is 1.76. The molecule has 0 saturated heterocycles. The van der Waals surface area contributed by atoms with E-state index in [1.165, 1.54) is 30.0 Å². The Morgan fingerprint density at radius 1 is 1.19 bits per heavy atom. The van der Waals surface area contributed by atoms with E-state index in [4.69, 9.17) is 5.26 Å². The Morgan fingerprint density at radius 2 is 1.95 bits per heavy atom. The molecule has 2 aromatic rings. The van der Waals surface area contributed by atoms with Crippen molar-refractivity contribution in [3.05, 3.63) is 52.0 Å². The van der Waals surface area contributed by atoms with E-state index in [1.807, 2.05) is 13.0 Å². The number of halogens is 1. The van der Waals surface area contributed by atoms with Gasteiger partial charge < -0.3 is 0 Å². The van der Waals surface area contributed by atoms with Gasteiger partial charge in [0.15, 0.2) is 0 Å². The number of nitriles is 2. The Kier molecular flexibility index (Phi) is 4.52. The van der Waals surface area contributed by atoms with E-state index in [9.17, 15) is 9.65 Å². The van der Waals surface area contributed by atoms with Crippen molar-refractivity contribution in [3.63, 3.8) is 0 Å². The lowest BCUT2D eigenvalue weighted by molar-refractivity contribution is 0.626. The van der Waals surface area contributed by atoms with Crippen molar-refractivity contribution in [2.24, 2.45) is 0 Å². The summed E-state index contributed by atoms with van der Waals surface area (Å²) in [5, 5.41) is 26.8. The molecular formula is C15H11FN4S. The SMILES string of the molecule is Cc1nnc(SCc2cc(F)ccc2C#N)c(C#N)c1C. The van der Waals surface area contributed by atoms with Gasteiger partial charge in [0.05, 0.1) is 22.9 Å². The van der Waals surface area contributed by atoms with Gasteiger partial charge in [-0.25, -0.2) is 4.39 Å². The zero-order chi connectivity index (χ0) is 15.4. The van der Waals surface area contributed by atoms with Gasteiger partial charge in [0.25, 0.3) is 0 Å². The molecule has 21 heavy (non-hydrogen) atoms. The normalized spacial score (nSPS) is 9.95. The minimum absolute atomic E-state index is 0.354. The van der Waals surface area contributed by atoms with Gasteiger partial charge in [0.1, 0.15) is 16.9 Å². The smallest absolute Gasteiger partial charge is 0.137 e. The molecule has 0 fully saturated rings. The van der Waals surface area contributed by atoms with E-state index >= 15 is 0 Å². The van der Waals surface area contributed by atoms with Crippen LogP contribution in [0.3, 0.4) is 0 Å². The maximum Gasteiger partial charge on any atom is 0.137 e. The van der Waals surface area contributed by atoms with Crippen LogP contribution in [0.1, 0.15) is 27.9 Å². The van der Waals surface area contributed by atoms with Crippen molar-refractivity contribution in [3.8, 4) is 12.1 Å². The lowest BCUT2D eigenvalue weighted by Gasteiger charge is -2.07. The van der Waals surface area contributed by atoms with Crippen LogP contribution in [0, 0.1) is 42.3 Å². The Hall–Kier alpha value is -2.44. The number of benzene rings is 1. The van der Waals surface area contributed by atoms with Crippen molar-refractivity contribution >= 4 is 11.8 Å². The molecule has 0 unspecified atom stereocenters. The number of aryl methyl sites for hydroxylation is 1. The zero-order valence-electron chi connectivity index (χ0n) is 11.5. The first kappa shape index (κ1) is 15.0. The van der Waals surface area contributed by atoms with Crippen molar-refractivity contribution < 1.29 is 4.39 Å². The predicted octanol–water partition coefficient (Wildman–Crippen LogP) is 3.27. The average molecular weight is 298 g/mol. The molecule has 0 bridgehead atoms. The van der Waals surface area contributed by atoms with E-state index in [2.05, 4.69) is 16.3 Å². The van der Waals surface area contributed by atoms with Gasteiger partial charge in [-0.1, -0.05) is 11.8 Å². The van der Waals surface area contributed by atoms with Crippen molar-refractivity contribution in [1.82, 2.24) is 10.2 Å². The van der Waals surface area contributed by atoms with Crippen molar-refractivity contribution in [2.75, 3.05) is 0 Å². The Bertz CT molecular complexity index is 774. The number of hydrogen-bond donors (Lipinski definition) is 0. The molecule has 1 aromatic heterocycles. The van der Waals surface area contributed by atoms with Gasteiger partial charge in [-0.05, 0) is 43.2 Å². The van der Waals surface area contributed by atoms with E-state index in [-0.39, 0.29) is 0 Å². The van der Waals surface area contributed by atoms with E-state index < -0.39 is 5.82 Å².